The lowest BCUT2D eigenvalue weighted by molar-refractivity contribution is -0.136. The highest BCUT2D eigenvalue weighted by Gasteiger charge is 2.19. The summed E-state index contributed by atoms with van der Waals surface area (Å²) in [7, 11) is 0. The van der Waals surface area contributed by atoms with Gasteiger partial charge in [-0.3, -0.25) is 4.79 Å². The molecule has 104 valence electrons. The molecule has 1 atom stereocenters. The first kappa shape index (κ1) is 15.2. The van der Waals surface area contributed by atoms with Crippen LogP contribution in [0.5, 0.6) is 0 Å². The zero-order chi connectivity index (χ0) is 14.5. The Morgan fingerprint density at radius 1 is 1.10 bits per heavy atom. The predicted molar refractivity (Wildman–Crippen MR) is 83.9 cm³/mol. The van der Waals surface area contributed by atoms with E-state index >= 15 is 0 Å². The van der Waals surface area contributed by atoms with E-state index in [0.29, 0.717) is 16.5 Å². The van der Waals surface area contributed by atoms with E-state index in [-0.39, 0.29) is 0 Å². The van der Waals surface area contributed by atoms with E-state index in [9.17, 15) is 9.90 Å². The number of rotatable bonds is 5. The second-order valence-electron chi connectivity index (χ2n) is 4.21. The van der Waals surface area contributed by atoms with E-state index < -0.39 is 11.2 Å². The zero-order valence-corrected chi connectivity index (χ0v) is 12.8. The van der Waals surface area contributed by atoms with Gasteiger partial charge in [0.15, 0.2) is 0 Å². The standard InChI is InChI=1S/C15H12Cl2O2S/c16-12-7-6-10(8-13(12)17)9-14(15(18)19)20-11-4-2-1-3-5-11/h1-8,14H,9H2,(H,18,19)/t14-/m0/s1. The molecule has 2 aromatic carbocycles. The Labute approximate surface area is 131 Å². The van der Waals surface area contributed by atoms with E-state index in [1.165, 1.54) is 11.8 Å². The van der Waals surface area contributed by atoms with Crippen molar-refractivity contribution in [2.75, 3.05) is 0 Å². The first-order chi connectivity index (χ1) is 9.56. The lowest BCUT2D eigenvalue weighted by Gasteiger charge is -2.12. The van der Waals surface area contributed by atoms with Crippen LogP contribution in [0, 0.1) is 0 Å². The summed E-state index contributed by atoms with van der Waals surface area (Å²) in [6.07, 6.45) is 0.395. The van der Waals surface area contributed by atoms with Gasteiger partial charge in [0.05, 0.1) is 10.0 Å². The minimum atomic E-state index is -0.843. The topological polar surface area (TPSA) is 37.3 Å². The molecule has 0 spiro atoms. The van der Waals surface area contributed by atoms with Gasteiger partial charge in [0.2, 0.25) is 0 Å². The van der Waals surface area contributed by atoms with Gasteiger partial charge in [-0.05, 0) is 36.2 Å². The Balaban J connectivity index is 2.13. The number of carbonyl (C=O) groups is 1. The molecule has 20 heavy (non-hydrogen) atoms. The molecule has 1 N–H and O–H groups in total. The van der Waals surface area contributed by atoms with Crippen LogP contribution in [-0.4, -0.2) is 16.3 Å². The molecule has 0 bridgehead atoms. The molecule has 0 heterocycles. The molecule has 0 saturated heterocycles. The van der Waals surface area contributed by atoms with Crippen molar-refractivity contribution in [2.45, 2.75) is 16.6 Å². The quantitative estimate of drug-likeness (QED) is 0.803. The SMILES string of the molecule is O=C(O)[C@H](Cc1ccc(Cl)c(Cl)c1)Sc1ccccc1. The number of carboxylic acids is 1. The fourth-order valence-electron chi connectivity index (χ4n) is 1.72. The number of hydrogen-bond acceptors (Lipinski definition) is 2. The van der Waals surface area contributed by atoms with Gasteiger partial charge in [-0.2, -0.15) is 0 Å². The second kappa shape index (κ2) is 7.02. The average molecular weight is 327 g/mol. The van der Waals surface area contributed by atoms with Crippen molar-refractivity contribution in [3.8, 4) is 0 Å². The fourth-order valence-corrected chi connectivity index (χ4v) is 3.06. The molecule has 0 amide bonds. The third kappa shape index (κ3) is 4.17. The lowest BCUT2D eigenvalue weighted by atomic mass is 10.1. The molecular weight excluding hydrogens is 315 g/mol. The van der Waals surface area contributed by atoms with Gasteiger partial charge in [-0.1, -0.05) is 47.5 Å². The van der Waals surface area contributed by atoms with Gasteiger partial charge in [-0.15, -0.1) is 11.8 Å². The lowest BCUT2D eigenvalue weighted by Crippen LogP contribution is -2.19. The number of benzene rings is 2. The number of carboxylic acid groups (broad SMARTS) is 1. The van der Waals surface area contributed by atoms with Crippen molar-refractivity contribution in [1.82, 2.24) is 0 Å². The molecule has 0 fully saturated rings. The maximum Gasteiger partial charge on any atom is 0.317 e. The summed E-state index contributed by atoms with van der Waals surface area (Å²) in [6, 6.07) is 14.7. The number of halogens is 2. The van der Waals surface area contributed by atoms with Gasteiger partial charge in [0, 0.05) is 4.90 Å². The first-order valence-corrected chi connectivity index (χ1v) is 7.58. The van der Waals surface area contributed by atoms with Crippen LogP contribution >= 0.6 is 35.0 Å². The van der Waals surface area contributed by atoms with E-state index in [4.69, 9.17) is 23.2 Å². The van der Waals surface area contributed by atoms with E-state index in [0.717, 1.165) is 10.5 Å². The molecule has 0 aliphatic carbocycles. The molecule has 0 aromatic heterocycles. The van der Waals surface area contributed by atoms with Crippen molar-refractivity contribution >= 4 is 40.9 Å². The molecule has 0 radical (unpaired) electrons. The Hall–Kier alpha value is -1.16. The molecule has 2 aromatic rings. The maximum atomic E-state index is 11.4. The van der Waals surface area contributed by atoms with Gasteiger partial charge in [-0.25, -0.2) is 0 Å². The average Bonchev–Trinajstić information content (AvgIpc) is 2.43. The monoisotopic (exact) mass is 326 g/mol. The highest BCUT2D eigenvalue weighted by atomic mass is 35.5. The van der Waals surface area contributed by atoms with Crippen LogP contribution in [0.15, 0.2) is 53.4 Å². The van der Waals surface area contributed by atoms with Crippen LogP contribution in [-0.2, 0) is 11.2 Å². The minimum Gasteiger partial charge on any atom is -0.480 e. The molecular formula is C15H12Cl2O2S. The van der Waals surface area contributed by atoms with Crippen molar-refractivity contribution in [2.24, 2.45) is 0 Å². The normalized spacial score (nSPS) is 12.1. The summed E-state index contributed by atoms with van der Waals surface area (Å²) in [5.74, 6) is -0.843. The van der Waals surface area contributed by atoms with E-state index in [1.54, 1.807) is 18.2 Å². The van der Waals surface area contributed by atoms with Crippen LogP contribution in [0.3, 0.4) is 0 Å². The van der Waals surface area contributed by atoms with Crippen LogP contribution in [0.1, 0.15) is 5.56 Å². The Kier molecular flexibility index (Phi) is 5.35. The van der Waals surface area contributed by atoms with E-state index in [2.05, 4.69) is 0 Å². The molecule has 0 saturated carbocycles. The summed E-state index contributed by atoms with van der Waals surface area (Å²) in [6.45, 7) is 0. The Morgan fingerprint density at radius 3 is 2.40 bits per heavy atom. The smallest absolute Gasteiger partial charge is 0.317 e. The van der Waals surface area contributed by atoms with Crippen molar-refractivity contribution in [3.63, 3.8) is 0 Å². The zero-order valence-electron chi connectivity index (χ0n) is 10.4. The second-order valence-corrected chi connectivity index (χ2v) is 6.30. The van der Waals surface area contributed by atoms with Gasteiger partial charge in [0.25, 0.3) is 0 Å². The summed E-state index contributed by atoms with van der Waals surface area (Å²) in [4.78, 5) is 12.3. The van der Waals surface area contributed by atoms with Gasteiger partial charge >= 0.3 is 5.97 Å². The van der Waals surface area contributed by atoms with Crippen LogP contribution < -0.4 is 0 Å². The van der Waals surface area contributed by atoms with Crippen molar-refractivity contribution in [1.29, 1.82) is 0 Å². The summed E-state index contributed by atoms with van der Waals surface area (Å²) in [5.41, 5.74) is 0.857. The molecule has 2 rings (SSSR count). The predicted octanol–water partition coefficient (Wildman–Crippen LogP) is 4.78. The molecule has 0 unspecified atom stereocenters. The highest BCUT2D eigenvalue weighted by Crippen LogP contribution is 2.28. The first-order valence-electron chi connectivity index (χ1n) is 5.94. The van der Waals surface area contributed by atoms with E-state index in [1.807, 2.05) is 30.3 Å². The van der Waals surface area contributed by atoms with Crippen LogP contribution in [0.2, 0.25) is 10.0 Å². The summed E-state index contributed by atoms with van der Waals surface area (Å²) in [5, 5.41) is 9.69. The van der Waals surface area contributed by atoms with Gasteiger partial charge < -0.3 is 5.11 Å². The largest absolute Gasteiger partial charge is 0.480 e. The van der Waals surface area contributed by atoms with Crippen molar-refractivity contribution in [3.05, 3.63) is 64.1 Å². The Bertz CT molecular complexity index is 602. The Morgan fingerprint density at radius 2 is 1.80 bits per heavy atom. The summed E-state index contributed by atoms with van der Waals surface area (Å²) < 4.78 is 0. The third-order valence-corrected chi connectivity index (χ3v) is 4.64. The van der Waals surface area contributed by atoms with Crippen LogP contribution in [0.4, 0.5) is 0 Å². The number of thioether (sulfide) groups is 1. The molecule has 5 heteroatoms. The fraction of sp³-hybridized carbons (Fsp3) is 0.133. The maximum absolute atomic E-state index is 11.4. The molecule has 0 aliphatic heterocycles. The number of aliphatic carboxylic acids is 1. The molecule has 0 aliphatic rings. The van der Waals surface area contributed by atoms with Crippen molar-refractivity contribution < 1.29 is 9.90 Å². The summed E-state index contributed by atoms with van der Waals surface area (Å²) >= 11 is 13.1. The number of hydrogen-bond donors (Lipinski definition) is 1. The highest BCUT2D eigenvalue weighted by molar-refractivity contribution is 8.00. The molecule has 2 nitrogen and oxygen atoms in total. The minimum absolute atomic E-state index is 0.395. The van der Waals surface area contributed by atoms with Crippen LogP contribution in [0.25, 0.3) is 0 Å². The third-order valence-electron chi connectivity index (χ3n) is 2.70. The van der Waals surface area contributed by atoms with Gasteiger partial charge in [0.1, 0.15) is 5.25 Å².